The Morgan fingerprint density at radius 1 is 0.420 bits per heavy atom. The van der Waals surface area contributed by atoms with Crippen LogP contribution >= 0.6 is 0 Å². The summed E-state index contributed by atoms with van der Waals surface area (Å²) in [7, 11) is 0. The molecule has 8 aromatic carbocycles. The van der Waals surface area contributed by atoms with Gasteiger partial charge < -0.3 is 28.7 Å². The molecule has 8 aromatic rings. The van der Waals surface area contributed by atoms with Crippen LogP contribution in [0.15, 0.2) is 243 Å². The van der Waals surface area contributed by atoms with Gasteiger partial charge in [0.1, 0.15) is 34.4 Å². The average molecular weight is 1110 g/mol. The van der Waals surface area contributed by atoms with Crippen LogP contribution in [0.3, 0.4) is 0 Å². The quantitative estimate of drug-likeness (QED) is 0.0457. The van der Waals surface area contributed by atoms with Crippen molar-refractivity contribution in [2.75, 3.05) is 9.80 Å². The molecule has 0 radical (unpaired) electrons. The van der Waals surface area contributed by atoms with E-state index in [9.17, 15) is 4.39 Å². The van der Waals surface area contributed by atoms with E-state index >= 15 is 26.3 Å². The summed E-state index contributed by atoms with van der Waals surface area (Å²) in [4.78, 5) is 4.29. The second-order valence-corrected chi connectivity index (χ2v) is 21.6. The minimum atomic E-state index is -5.88. The Hall–Kier alpha value is -8.71. The van der Waals surface area contributed by atoms with E-state index in [-0.39, 0.29) is 28.4 Å². The molecule has 0 aliphatic heterocycles. The molecule has 0 amide bonds. The van der Waals surface area contributed by atoms with Gasteiger partial charge in [-0.3, -0.25) is 0 Å². The summed E-state index contributed by atoms with van der Waals surface area (Å²) in [5, 5.41) is 0. The Bertz CT molecular complexity index is 3390. The number of para-hydroxylation sites is 2. The molecule has 2 unspecified atom stereocenters. The third-order valence-corrected chi connectivity index (χ3v) is 13.4. The Kier molecular flexibility index (Phi) is 17.0. The molecule has 0 fully saturated rings. The van der Waals surface area contributed by atoms with Gasteiger partial charge >= 0.3 is 12.4 Å². The summed E-state index contributed by atoms with van der Waals surface area (Å²) in [6.07, 6.45) is -14.9. The van der Waals surface area contributed by atoms with Gasteiger partial charge in [-0.1, -0.05) is 125 Å². The monoisotopic (exact) mass is 1100 g/mol. The molecular formula is C68H63F7N2O4. The van der Waals surface area contributed by atoms with Gasteiger partial charge in [0, 0.05) is 39.7 Å². The van der Waals surface area contributed by atoms with Gasteiger partial charge in [0.15, 0.2) is 6.10 Å². The fourth-order valence-corrected chi connectivity index (χ4v) is 9.20. The van der Waals surface area contributed by atoms with Crippen molar-refractivity contribution >= 4 is 34.1 Å². The highest BCUT2D eigenvalue weighted by Gasteiger charge is 2.72. The molecule has 13 heteroatoms. The fraction of sp³-hybridized carbons (Fsp3) is 0.206. The van der Waals surface area contributed by atoms with Crippen molar-refractivity contribution in [2.45, 2.75) is 84.3 Å². The number of benzene rings is 8. The topological polar surface area (TPSA) is 43.4 Å². The highest BCUT2D eigenvalue weighted by Crippen LogP contribution is 2.56. The van der Waals surface area contributed by atoms with Gasteiger partial charge in [0.2, 0.25) is 5.41 Å². The maximum atomic E-state index is 15.1. The number of nitrogens with zero attached hydrogens (tertiary/aromatic N) is 2. The Morgan fingerprint density at radius 3 is 1.10 bits per heavy atom. The van der Waals surface area contributed by atoms with Crippen LogP contribution in [0, 0.1) is 5.41 Å². The lowest BCUT2D eigenvalue weighted by molar-refractivity contribution is -0.288. The molecule has 0 bridgehead atoms. The first kappa shape index (κ1) is 58.4. The summed E-state index contributed by atoms with van der Waals surface area (Å²) < 4.78 is 129. The van der Waals surface area contributed by atoms with Crippen LogP contribution in [0.5, 0.6) is 23.0 Å². The lowest BCUT2D eigenvalue weighted by Crippen LogP contribution is -2.54. The maximum Gasteiger partial charge on any atom is 0.411 e. The zero-order chi connectivity index (χ0) is 58.5. The number of hydrogen-bond acceptors (Lipinski definition) is 6. The molecule has 0 aromatic heterocycles. The van der Waals surface area contributed by atoms with Crippen LogP contribution in [0.25, 0.3) is 11.1 Å². The minimum Gasteiger partial charge on any atom is -0.488 e. The smallest absolute Gasteiger partial charge is 0.411 e. The first-order valence-electron chi connectivity index (χ1n) is 26.1. The van der Waals surface area contributed by atoms with Gasteiger partial charge in [-0.05, 0) is 182 Å². The average Bonchev–Trinajstić information content (AvgIpc) is 2.10. The molecule has 0 spiro atoms. The van der Waals surface area contributed by atoms with E-state index in [1.165, 1.54) is 0 Å². The zero-order valence-corrected chi connectivity index (χ0v) is 46.1. The number of halogens is 7. The minimum absolute atomic E-state index is 0.0368. The van der Waals surface area contributed by atoms with E-state index in [4.69, 9.17) is 18.9 Å². The van der Waals surface area contributed by atoms with E-state index in [0.29, 0.717) is 35.6 Å². The normalized spacial score (nSPS) is 12.9. The van der Waals surface area contributed by atoms with Gasteiger partial charge in [-0.15, -0.1) is 0 Å². The summed E-state index contributed by atoms with van der Waals surface area (Å²) in [5.74, 6) is 0.857. The highest BCUT2D eigenvalue weighted by atomic mass is 19.4. The van der Waals surface area contributed by atoms with Crippen molar-refractivity contribution in [3.05, 3.63) is 254 Å². The van der Waals surface area contributed by atoms with E-state index in [1.807, 2.05) is 93.6 Å². The third-order valence-electron chi connectivity index (χ3n) is 13.4. The maximum absolute atomic E-state index is 15.1. The summed E-state index contributed by atoms with van der Waals surface area (Å²) in [6.45, 7) is 24.4. The van der Waals surface area contributed by atoms with Crippen molar-refractivity contribution in [3.8, 4) is 34.1 Å². The molecular weight excluding hydrogens is 1040 g/mol. The first-order chi connectivity index (χ1) is 38.2. The Labute approximate surface area is 469 Å². The molecule has 6 nitrogen and oxygen atoms in total. The zero-order valence-electron chi connectivity index (χ0n) is 46.1. The Balaban J connectivity index is 0.978. The number of ether oxygens (including phenoxy) is 4. The molecule has 0 aliphatic rings. The van der Waals surface area contributed by atoms with Gasteiger partial charge in [-0.25, -0.2) is 0 Å². The largest absolute Gasteiger partial charge is 0.488 e. The van der Waals surface area contributed by atoms with Gasteiger partial charge in [0.25, 0.3) is 6.36 Å². The summed E-state index contributed by atoms with van der Waals surface area (Å²) in [5.41, 5.74) is 0.252. The van der Waals surface area contributed by atoms with Gasteiger partial charge in [0.05, 0.1) is 0 Å². The van der Waals surface area contributed by atoms with Crippen molar-refractivity contribution in [3.63, 3.8) is 0 Å². The summed E-state index contributed by atoms with van der Waals surface area (Å²) in [6, 6.07) is 58.4. The van der Waals surface area contributed by atoms with Crippen LogP contribution in [0.1, 0.15) is 59.6 Å². The third kappa shape index (κ3) is 13.3. The van der Waals surface area contributed by atoms with E-state index in [0.717, 1.165) is 75.3 Å². The number of hydrogen-bond donors (Lipinski definition) is 0. The molecule has 0 saturated heterocycles. The molecule has 0 N–H and O–H groups in total. The van der Waals surface area contributed by atoms with Crippen LogP contribution < -0.4 is 28.7 Å². The van der Waals surface area contributed by atoms with Gasteiger partial charge in [-0.2, -0.15) is 30.7 Å². The first-order valence-corrected chi connectivity index (χ1v) is 26.1. The van der Waals surface area contributed by atoms with Crippen LogP contribution in [0.4, 0.5) is 64.9 Å². The summed E-state index contributed by atoms with van der Waals surface area (Å²) >= 11 is 0. The standard InChI is InChI=1S/C68H63F7N2O4/c1-45(2)62(79-59-37-25-50(26-38-59)66(67(70,71)72,68(73,74)75)51-27-39-60(40-28-51)80-63(69)46(3)64(5,6)7)47(4)78-58-41-33-56(34-42-58)76(52-17-13-11-14-18-52)54-29-21-48(22-30-54)49-23-31-55(32-24-49)77(53-19-15-12-16-20-53)57-35-43-61(44-36-57)81-65(8,9)10/h11-44,62-63H,1,3-4H2,2,5-10H3. The SMILES string of the molecule is C=C(C)C(Oc1ccc(C(c2ccc(OC(F)C(=C)C(C)(C)C)cc2)(C(F)(F)F)C(F)(F)F)cc1)C(=C)Oc1ccc(N(c2ccccc2)c2ccc(-c3ccc(N(c4ccccc4)c4ccc(OC(C)(C)C)cc4)cc3)cc2)cc1. The molecule has 0 aliphatic carbocycles. The van der Waals surface area contributed by atoms with Crippen molar-refractivity contribution in [1.82, 2.24) is 0 Å². The number of rotatable bonds is 19. The second kappa shape index (κ2) is 23.6. The fourth-order valence-electron chi connectivity index (χ4n) is 9.20. The van der Waals surface area contributed by atoms with Crippen molar-refractivity contribution in [1.29, 1.82) is 0 Å². The van der Waals surface area contributed by atoms with Crippen LogP contribution in [0.2, 0.25) is 0 Å². The second-order valence-electron chi connectivity index (χ2n) is 21.6. The van der Waals surface area contributed by atoms with E-state index < -0.39 is 46.8 Å². The van der Waals surface area contributed by atoms with Crippen molar-refractivity contribution in [2.24, 2.45) is 5.41 Å². The molecule has 0 heterocycles. The molecule has 81 heavy (non-hydrogen) atoms. The lowest BCUT2D eigenvalue weighted by atomic mass is 9.73. The molecule has 0 saturated carbocycles. The molecule has 8 rings (SSSR count). The van der Waals surface area contributed by atoms with E-state index in [1.54, 1.807) is 39.8 Å². The number of anilines is 6. The highest BCUT2D eigenvalue weighted by molar-refractivity contribution is 5.81. The Morgan fingerprint density at radius 2 is 0.753 bits per heavy atom. The molecule has 2 atom stereocenters. The lowest BCUT2D eigenvalue weighted by Gasteiger charge is -2.38. The van der Waals surface area contributed by atoms with Crippen LogP contribution in [-0.4, -0.2) is 30.4 Å². The van der Waals surface area contributed by atoms with Crippen molar-refractivity contribution < 1.29 is 49.7 Å². The van der Waals surface area contributed by atoms with Crippen LogP contribution in [-0.2, 0) is 5.41 Å². The predicted molar refractivity (Wildman–Crippen MR) is 311 cm³/mol. The predicted octanol–water partition coefficient (Wildman–Crippen LogP) is 20.1. The van der Waals surface area contributed by atoms with E-state index in [2.05, 4.69) is 102 Å². The number of alkyl halides is 7. The molecule has 418 valence electrons.